The second kappa shape index (κ2) is 54.5. The van der Waals surface area contributed by atoms with Gasteiger partial charge in [-0.1, -0.05) is 62.4 Å². The molecule has 47 heteroatoms. The second-order valence-electron chi connectivity index (χ2n) is 43.3. The van der Waals surface area contributed by atoms with Crippen LogP contribution in [0, 0.1) is 11.8 Å². The van der Waals surface area contributed by atoms with Gasteiger partial charge in [0, 0.05) is 116 Å². The fourth-order valence-corrected chi connectivity index (χ4v) is 23.9. The van der Waals surface area contributed by atoms with Gasteiger partial charge in [0.2, 0.25) is 0 Å². The van der Waals surface area contributed by atoms with Crippen LogP contribution in [0.4, 0.5) is 14.4 Å². The molecule has 835 valence electrons. The number of fused-ring (bicyclic) bond motifs is 3. The number of carbonyl (C=O) groups is 7. The van der Waals surface area contributed by atoms with Crippen molar-refractivity contribution < 1.29 is 122 Å². The Hall–Kier alpha value is -8.17. The number of hydrogen-bond donors (Lipinski definition) is 11. The van der Waals surface area contributed by atoms with E-state index in [-0.39, 0.29) is 97.4 Å². The monoisotopic (exact) mass is 2260 g/mol. The van der Waals surface area contributed by atoms with E-state index in [1.54, 1.807) is 82.2 Å². The SMILES string of the molecule is C=P(C)(C)CC[C@H]1OC(C2=CN(C)C(=O)N(CCC(C)C(=O)O)C2)[C@H](OC)[C@@H]1O.C=P(C)(C)CC[C@H]1OC(C2=CN(C)C(=O)N(CCC(C)C(=O)OC(=O)OCC3c4ccccc4-c4ccccc43)C2)[C@H](OC)[C@@H]1O.C=P(C)(C)CC[C@H]1OC(n2cc(CC(C)=O)c(=O)[nH]c2=O)[C@H](O)[C@@H]1O.C=P(C)(C)CC[C@H]1OC(n2cc(CC(C)=O)c(=O)[nH]c2=O)[C@H](OC)[C@@H]1O.C=P(C)(C)CC[C@H]1OC(n2cc(CNC)c(=O)nc2[Se])[C@H](O)[C@@H]1O. The van der Waals surface area contributed by atoms with Crippen molar-refractivity contribution in [2.75, 3.05) is 173 Å². The number of hydrogen-bond acceptors (Lipinski definition) is 31. The number of nitrogens with one attached hydrogen (secondary N) is 3. The van der Waals surface area contributed by atoms with Crippen LogP contribution in [-0.2, 0) is 85.9 Å². The van der Waals surface area contributed by atoms with Gasteiger partial charge >= 0.3 is 191 Å². The van der Waals surface area contributed by atoms with E-state index in [4.69, 9.17) is 52.5 Å². The summed E-state index contributed by atoms with van der Waals surface area (Å²) in [6.45, 7) is 22.3. The van der Waals surface area contributed by atoms with E-state index >= 15 is 0 Å². The van der Waals surface area contributed by atoms with Crippen molar-refractivity contribution in [3.05, 3.63) is 171 Å². The molecule has 41 nitrogen and oxygen atoms in total. The molecule has 0 spiro atoms. The van der Waals surface area contributed by atoms with E-state index < -0.39 is 197 Å². The van der Waals surface area contributed by atoms with Crippen molar-refractivity contribution >= 4 is 128 Å². The first kappa shape index (κ1) is 125. The van der Waals surface area contributed by atoms with Crippen molar-refractivity contribution in [1.29, 1.82) is 0 Å². The first-order chi connectivity index (χ1) is 70.0. The quantitative estimate of drug-likeness (QED) is 0.0112. The second-order valence-corrected chi connectivity index (χ2v) is 65.7. The Morgan fingerprint density at radius 3 is 1.21 bits per heavy atom. The summed E-state index contributed by atoms with van der Waals surface area (Å²) in [5, 5.41) is 85.4. The number of nitrogens with zero attached hydrogens (tertiary/aromatic N) is 8. The number of esters is 1. The predicted molar refractivity (Wildman–Crippen MR) is 590 cm³/mol. The van der Waals surface area contributed by atoms with E-state index in [2.05, 4.69) is 134 Å². The predicted octanol–water partition coefficient (Wildman–Crippen LogP) is 4.49. The molecule has 7 aliphatic heterocycles. The molecule has 0 bridgehead atoms. The Balaban J connectivity index is 0.000000214. The summed E-state index contributed by atoms with van der Waals surface area (Å²) < 4.78 is 61.1. The summed E-state index contributed by atoms with van der Waals surface area (Å²) in [5.41, 5.74) is 3.69. The Morgan fingerprint density at radius 2 is 0.840 bits per heavy atom. The Labute approximate surface area is 885 Å². The van der Waals surface area contributed by atoms with Gasteiger partial charge in [-0.05, 0) is 164 Å². The summed E-state index contributed by atoms with van der Waals surface area (Å²) in [7, 11) is 9.58. The number of methoxy groups -OCH3 is 3. The molecule has 4 amide bonds. The number of carboxylic acids is 1. The van der Waals surface area contributed by atoms with Gasteiger partial charge in [-0.3, -0.25) is 47.9 Å². The minimum atomic E-state index is -1.32. The number of amides is 4. The van der Waals surface area contributed by atoms with Crippen molar-refractivity contribution in [3.8, 4) is 11.1 Å². The number of ether oxygens (including phenoxy) is 10. The number of Topliss-reactive ketones (excluding diaryl/α,β-unsaturated/α-hetero) is 2. The van der Waals surface area contributed by atoms with Crippen LogP contribution in [0.1, 0.15) is 125 Å². The van der Waals surface area contributed by atoms with E-state index in [0.717, 1.165) is 68.8 Å². The molecule has 8 aliphatic rings. The topological polar surface area (TPSA) is 543 Å². The number of aliphatic hydroxyl groups excluding tert-OH is 7. The van der Waals surface area contributed by atoms with Crippen LogP contribution in [0.5, 0.6) is 0 Å². The molecular weight excluding hydrogens is 2110 g/mol. The number of aromatic nitrogens is 6. The molecule has 3 aromatic heterocycles. The van der Waals surface area contributed by atoms with E-state index in [1.807, 2.05) is 48.5 Å². The summed E-state index contributed by atoms with van der Waals surface area (Å²) in [6.07, 6.45) is 20.3. The average molecular weight is 2260 g/mol. The van der Waals surface area contributed by atoms with Gasteiger partial charge in [0.15, 0.2) is 12.5 Å². The fraction of sp³-hybridized carbons (Fsp3) is 0.612. The molecule has 5 fully saturated rings. The normalized spacial score (nSPS) is 26.3. The molecule has 22 atom stereocenters. The molecule has 150 heavy (non-hydrogen) atoms. The number of carbonyl (C=O) groups excluding carboxylic acids is 6. The number of benzene rings is 2. The van der Waals surface area contributed by atoms with Crippen LogP contribution in [-0.4, -0.2) is 455 Å². The van der Waals surface area contributed by atoms with Gasteiger partial charge in [-0.25, -0.2) is 24.0 Å². The number of aromatic amines is 2. The van der Waals surface area contributed by atoms with E-state index in [1.165, 1.54) is 47.7 Å². The van der Waals surface area contributed by atoms with Crippen molar-refractivity contribution in [1.82, 2.24) is 53.6 Å². The molecule has 5 aromatic rings. The maximum absolute atomic E-state index is 13.0. The van der Waals surface area contributed by atoms with Crippen molar-refractivity contribution in [2.24, 2.45) is 11.8 Å². The van der Waals surface area contributed by atoms with Crippen LogP contribution in [0.15, 0.2) is 115 Å². The number of rotatable bonds is 39. The standard InChI is InChI=1S/C35H45N2O8P.C20H35N2O6P.C17H27N2O6P.C16H25N2O6P.C15H25N3O4PSe/c1-22(33(39)45-35(41)43-21-28-26-13-9-7-11-24(26)25-12-8-10-14-27(25)28)15-17-37-20-23(19-36(2)34(37)40)31-32(42-3)30(38)29(44-31)16-18-46(4,5)6;1-13(19(24)25)7-9-22-12-14(11-21(2)20(22)26)17-18(27-3)16(23)15(28-17)8-10-29(4,5)6;1-10(20)8-11-9-19(17(23)18-15(11)22)16-14(24-2)13(21)12(25-16)6-7-26(3,4)5;1-9(19)7-10-8-18(16(23)17-14(10)22)15-13(21)12(20)11(24-15)5-6-25(2,3)4;1-16-7-9-8-18(15(24)17-13(9)21)14-12(20)11(19)10(22-14)5-6-23(2,3)4/h7-14,19,22,28-32,38H,4,15-18,20-21H2,1-3,5-6H3;11,13,15-18,23H,4,7-10,12H2,1-3,5-6H3,(H,24,25);9,12-14,16,21H,3,6-8H2,1-2,4-5H3,(H,18,22,23);8,11-13,15,20-21H,2,5-7H2,1,3-4H3,(H,17,22,23);8,10-12,14,16,19-20H,2,5-7H2,1,3-4H3/t22?,29-,30-,31?,32-;13?,15-,16-,17?,18-;12-,13-,14-,16?;11-,12-,13-,15?;10-,11-,12-,14?/m11111/s1. The van der Waals surface area contributed by atoms with Crippen LogP contribution in [0.3, 0.4) is 0 Å². The molecule has 1 aliphatic carbocycles. The molecule has 0 saturated carbocycles. The zero-order valence-electron chi connectivity index (χ0n) is 89.7. The van der Waals surface area contributed by atoms with Gasteiger partial charge in [0.25, 0.3) is 11.1 Å². The van der Waals surface area contributed by atoms with Crippen LogP contribution < -0.4 is 38.1 Å². The Morgan fingerprint density at radius 1 is 0.493 bits per heavy atom. The number of carboxylic acid groups (broad SMARTS) is 1. The van der Waals surface area contributed by atoms with Crippen LogP contribution >= 0.6 is 34.4 Å². The van der Waals surface area contributed by atoms with E-state index in [9.17, 15) is 93.3 Å². The maximum atomic E-state index is 13.0. The zero-order chi connectivity index (χ0) is 112. The van der Waals surface area contributed by atoms with Crippen molar-refractivity contribution in [2.45, 2.75) is 220 Å². The van der Waals surface area contributed by atoms with Crippen molar-refractivity contribution in [3.63, 3.8) is 0 Å². The van der Waals surface area contributed by atoms with Gasteiger partial charge in [0.1, 0.15) is 79.2 Å². The number of ketones is 2. The number of H-pyrrole nitrogens is 2. The summed E-state index contributed by atoms with van der Waals surface area (Å²) in [6, 6.07) is 15.6. The average Bonchev–Trinajstić information content (AvgIpc) is 1.61. The molecule has 5 saturated heterocycles. The number of aliphatic hydroxyl groups is 7. The summed E-state index contributed by atoms with van der Waals surface area (Å²) >= 11 is 2.72. The van der Waals surface area contributed by atoms with Gasteiger partial charge in [-0.15, -0.1) is 52.7 Å². The third kappa shape index (κ3) is 34.4. The van der Waals surface area contributed by atoms with Gasteiger partial charge < -0.3 is 92.9 Å². The first-order valence-electron chi connectivity index (χ1n) is 49.8. The fourth-order valence-electron chi connectivity index (χ4n) is 18.6. The van der Waals surface area contributed by atoms with Gasteiger partial charge in [-0.2, -0.15) is 0 Å². The van der Waals surface area contributed by atoms with E-state index in [0.29, 0.717) is 68.4 Å². The third-order valence-corrected chi connectivity index (χ3v) is 35.0. The Bertz CT molecular complexity index is 6170. The molecule has 1 radical (unpaired) electrons. The molecule has 13 rings (SSSR count). The molecule has 2 aromatic carbocycles. The summed E-state index contributed by atoms with van der Waals surface area (Å²) in [4.78, 5) is 159. The first-order valence-corrected chi connectivity index (χ1v) is 66.0. The Kier molecular flexibility index (Phi) is 45.5. The van der Waals surface area contributed by atoms with Crippen LogP contribution in [0.2, 0.25) is 0 Å². The zero-order valence-corrected chi connectivity index (χ0v) is 95.9. The molecular formula is C103H157N11O30P5Se. The molecule has 7 unspecified atom stereocenters. The third-order valence-electron chi connectivity index (χ3n) is 27.1. The number of urea groups is 2. The molecule has 11 N–H and O–H groups in total. The molecule has 10 heterocycles. The van der Waals surface area contributed by atoms with Gasteiger partial charge in [0.05, 0.1) is 36.3 Å². The minimum absolute atomic E-state index is 0.0498. The number of aliphatic carboxylic acids is 1. The summed E-state index contributed by atoms with van der Waals surface area (Å²) in [5.74, 6) is -3.36. The van der Waals surface area contributed by atoms with Crippen LogP contribution in [0.25, 0.3) is 11.1 Å².